The second-order valence-corrected chi connectivity index (χ2v) is 10.2. The molecule has 0 unspecified atom stereocenters. The molecule has 0 spiro atoms. The van der Waals surface area contributed by atoms with Crippen molar-refractivity contribution in [2.45, 2.75) is 43.4 Å². The molecular weight excluding hydrogens is 432 g/mol. The molecule has 4 atom stereocenters. The fourth-order valence-corrected chi connectivity index (χ4v) is 6.62. The van der Waals surface area contributed by atoms with E-state index in [0.717, 1.165) is 17.2 Å². The van der Waals surface area contributed by atoms with E-state index in [2.05, 4.69) is 0 Å². The molecule has 0 aromatic heterocycles. The van der Waals surface area contributed by atoms with Crippen molar-refractivity contribution in [3.05, 3.63) is 64.7 Å². The summed E-state index contributed by atoms with van der Waals surface area (Å²) >= 11 is 7.86. The van der Waals surface area contributed by atoms with Gasteiger partial charge in [0.05, 0.1) is 16.5 Å². The highest BCUT2D eigenvalue weighted by molar-refractivity contribution is 8.15. The smallest absolute Gasteiger partial charge is 0.335 e. The van der Waals surface area contributed by atoms with Crippen molar-refractivity contribution >= 4 is 46.1 Å². The van der Waals surface area contributed by atoms with Gasteiger partial charge in [-0.1, -0.05) is 48.0 Å². The van der Waals surface area contributed by atoms with Crippen molar-refractivity contribution in [1.29, 1.82) is 0 Å². The molecule has 3 aliphatic rings. The van der Waals surface area contributed by atoms with Gasteiger partial charge in [-0.2, -0.15) is 0 Å². The molecule has 1 amide bonds. The van der Waals surface area contributed by atoms with Gasteiger partial charge in [0.1, 0.15) is 0 Å². The summed E-state index contributed by atoms with van der Waals surface area (Å²) in [7, 11) is 0. The highest BCUT2D eigenvalue weighted by Gasteiger charge is 2.49. The summed E-state index contributed by atoms with van der Waals surface area (Å²) in [6.45, 7) is 0. The van der Waals surface area contributed by atoms with Crippen LogP contribution in [0.3, 0.4) is 0 Å². The molecule has 31 heavy (non-hydrogen) atoms. The molecule has 2 saturated carbocycles. The van der Waals surface area contributed by atoms with Crippen LogP contribution < -0.4 is 0 Å². The van der Waals surface area contributed by atoms with Crippen molar-refractivity contribution in [3.8, 4) is 0 Å². The van der Waals surface area contributed by atoms with E-state index in [1.54, 1.807) is 24.3 Å². The molecule has 7 heteroatoms. The van der Waals surface area contributed by atoms with Crippen LogP contribution in [-0.2, 0) is 11.2 Å². The van der Waals surface area contributed by atoms with E-state index in [4.69, 9.17) is 21.7 Å². The van der Waals surface area contributed by atoms with Gasteiger partial charge in [-0.15, -0.1) is 0 Å². The van der Waals surface area contributed by atoms with Crippen LogP contribution in [0.4, 0.5) is 5.69 Å². The lowest BCUT2D eigenvalue weighted by atomic mass is 9.94. The molecule has 1 N–H and O–H groups in total. The third-order valence-electron chi connectivity index (χ3n) is 6.70. The number of thioether (sulfide) groups is 1. The Hall–Kier alpha value is -2.31. The van der Waals surface area contributed by atoms with Crippen LogP contribution in [0, 0.1) is 11.8 Å². The van der Waals surface area contributed by atoms with Gasteiger partial charge in [-0.05, 0) is 73.4 Å². The van der Waals surface area contributed by atoms with E-state index in [1.165, 1.54) is 31.0 Å². The van der Waals surface area contributed by atoms with Crippen LogP contribution in [-0.4, -0.2) is 38.3 Å². The molecule has 2 bridgehead atoms. The Labute approximate surface area is 190 Å². The Kier molecular flexibility index (Phi) is 5.52. The average Bonchev–Trinajstić information content (AvgIpc) is 3.45. The molecule has 3 fully saturated rings. The molecule has 5 nitrogen and oxygen atoms in total. The topological polar surface area (TPSA) is 70.0 Å². The van der Waals surface area contributed by atoms with E-state index in [1.807, 2.05) is 29.2 Å². The number of nitrogens with zero attached hydrogens (tertiary/aromatic N) is 2. The molecule has 2 aromatic carbocycles. The number of carbonyl (C=O) groups is 2. The Balaban J connectivity index is 1.45. The number of carboxylic acid groups (broad SMARTS) is 1. The lowest BCUT2D eigenvalue weighted by Crippen LogP contribution is -2.44. The van der Waals surface area contributed by atoms with E-state index in [9.17, 15) is 9.59 Å². The number of fused-ring (bicyclic) bond motifs is 2. The van der Waals surface area contributed by atoms with Crippen molar-refractivity contribution in [2.24, 2.45) is 16.8 Å². The van der Waals surface area contributed by atoms with Crippen LogP contribution in [0.1, 0.15) is 41.6 Å². The van der Waals surface area contributed by atoms with Crippen LogP contribution in [0.5, 0.6) is 0 Å². The van der Waals surface area contributed by atoms with Crippen LogP contribution in [0.25, 0.3) is 0 Å². The Morgan fingerprint density at radius 3 is 2.55 bits per heavy atom. The second kappa shape index (κ2) is 8.32. The van der Waals surface area contributed by atoms with Gasteiger partial charge in [0.25, 0.3) is 0 Å². The van der Waals surface area contributed by atoms with Gasteiger partial charge in [0, 0.05) is 11.1 Å². The third-order valence-corrected chi connectivity index (χ3v) is 8.22. The molecule has 1 aliphatic heterocycles. The zero-order valence-electron chi connectivity index (χ0n) is 16.9. The Bertz CT molecular complexity index is 1060. The quantitative estimate of drug-likeness (QED) is 0.656. The summed E-state index contributed by atoms with van der Waals surface area (Å²) in [5, 5.41) is 10.3. The number of amidine groups is 1. The first-order valence-corrected chi connectivity index (χ1v) is 11.9. The summed E-state index contributed by atoms with van der Waals surface area (Å²) in [5.41, 5.74) is 1.85. The van der Waals surface area contributed by atoms with Crippen molar-refractivity contribution in [1.82, 2.24) is 4.90 Å². The highest BCUT2D eigenvalue weighted by Crippen LogP contribution is 2.49. The molecule has 160 valence electrons. The zero-order chi connectivity index (χ0) is 21.5. The zero-order valence-corrected chi connectivity index (χ0v) is 18.5. The molecule has 0 radical (unpaired) electrons. The van der Waals surface area contributed by atoms with Crippen LogP contribution in [0.2, 0.25) is 5.02 Å². The summed E-state index contributed by atoms with van der Waals surface area (Å²) in [6.07, 6.45) is 5.27. The normalized spacial score (nSPS) is 28.6. The van der Waals surface area contributed by atoms with Gasteiger partial charge in [0.15, 0.2) is 5.17 Å². The maximum atomic E-state index is 13.5. The molecule has 2 aromatic rings. The number of rotatable bonds is 5. The fourth-order valence-electron chi connectivity index (χ4n) is 5.18. The first-order valence-electron chi connectivity index (χ1n) is 10.6. The van der Waals surface area contributed by atoms with Crippen molar-refractivity contribution in [2.75, 3.05) is 0 Å². The number of hydrogen-bond acceptors (Lipinski definition) is 4. The molecular formula is C24H23ClN2O3S. The Morgan fingerprint density at radius 2 is 1.90 bits per heavy atom. The van der Waals surface area contributed by atoms with Crippen LogP contribution in [0.15, 0.2) is 53.5 Å². The number of benzene rings is 2. The van der Waals surface area contributed by atoms with Gasteiger partial charge >= 0.3 is 5.97 Å². The summed E-state index contributed by atoms with van der Waals surface area (Å²) in [4.78, 5) is 31.4. The van der Waals surface area contributed by atoms with Gasteiger partial charge in [-0.25, -0.2) is 9.79 Å². The predicted molar refractivity (Wildman–Crippen MR) is 123 cm³/mol. The SMILES string of the molecule is O=C(O)c1ccc(N=C2S[C@H](Cc3ccccc3Cl)C(=O)N2[C@H]2C[C@@H]3CC[C@@H]2C3)cc1. The Morgan fingerprint density at radius 1 is 1.13 bits per heavy atom. The number of carboxylic acids is 1. The number of aromatic carboxylic acids is 1. The second-order valence-electron chi connectivity index (χ2n) is 8.60. The van der Waals surface area contributed by atoms with E-state index < -0.39 is 5.97 Å². The summed E-state index contributed by atoms with van der Waals surface area (Å²) in [5.74, 6) is 0.413. The number of halogens is 1. The predicted octanol–water partition coefficient (Wildman–Crippen LogP) is 5.40. The first-order chi connectivity index (χ1) is 15.0. The third kappa shape index (κ3) is 3.99. The number of carbonyl (C=O) groups excluding carboxylic acids is 1. The maximum Gasteiger partial charge on any atom is 0.335 e. The lowest BCUT2D eigenvalue weighted by Gasteiger charge is -2.31. The molecule has 1 saturated heterocycles. The largest absolute Gasteiger partial charge is 0.478 e. The summed E-state index contributed by atoms with van der Waals surface area (Å²) < 4.78 is 0. The lowest BCUT2D eigenvalue weighted by molar-refractivity contribution is -0.128. The van der Waals surface area contributed by atoms with Gasteiger partial charge in [-0.3, -0.25) is 9.69 Å². The van der Waals surface area contributed by atoms with Gasteiger partial charge < -0.3 is 5.11 Å². The van der Waals surface area contributed by atoms with E-state index in [-0.39, 0.29) is 22.8 Å². The minimum absolute atomic E-state index is 0.114. The first kappa shape index (κ1) is 20.6. The summed E-state index contributed by atoms with van der Waals surface area (Å²) in [6, 6.07) is 14.4. The minimum atomic E-state index is -0.965. The fraction of sp³-hybridized carbons (Fsp3) is 0.375. The number of amides is 1. The van der Waals surface area contributed by atoms with E-state index in [0.29, 0.717) is 29.0 Å². The van der Waals surface area contributed by atoms with E-state index >= 15 is 0 Å². The molecule has 1 heterocycles. The van der Waals surface area contributed by atoms with Crippen LogP contribution >= 0.6 is 23.4 Å². The average molecular weight is 455 g/mol. The highest BCUT2D eigenvalue weighted by atomic mass is 35.5. The maximum absolute atomic E-state index is 13.5. The molecule has 2 aliphatic carbocycles. The number of aliphatic imine (C=N–C) groups is 1. The monoisotopic (exact) mass is 454 g/mol. The number of hydrogen-bond donors (Lipinski definition) is 1. The standard InChI is InChI=1S/C24H23ClN2O3S/c25-19-4-2-1-3-16(19)13-21-22(28)27(20-12-14-5-6-17(20)11-14)24(31-21)26-18-9-7-15(8-10-18)23(29)30/h1-4,7-10,14,17,20-21H,5-6,11-13H2,(H,29,30)/t14-,17-,20+,21-/m1/s1. The van der Waals surface area contributed by atoms with Crippen molar-refractivity contribution < 1.29 is 14.7 Å². The molecule has 5 rings (SSSR count). The van der Waals surface area contributed by atoms with Gasteiger partial charge in [0.2, 0.25) is 5.91 Å². The minimum Gasteiger partial charge on any atom is -0.478 e. The van der Waals surface area contributed by atoms with Crippen molar-refractivity contribution in [3.63, 3.8) is 0 Å².